The van der Waals surface area contributed by atoms with E-state index < -0.39 is 5.82 Å². The molecule has 0 saturated carbocycles. The van der Waals surface area contributed by atoms with Crippen molar-refractivity contribution in [3.8, 4) is 5.75 Å². The second kappa shape index (κ2) is 8.08. The number of carbonyl (C=O) groups excluding carboxylic acids is 1. The van der Waals surface area contributed by atoms with E-state index in [0.717, 1.165) is 15.7 Å². The second-order valence-corrected chi connectivity index (χ2v) is 6.12. The quantitative estimate of drug-likeness (QED) is 0.831. The molecule has 1 amide bonds. The number of methoxy groups -OCH3 is 1. The molecule has 4 nitrogen and oxygen atoms in total. The van der Waals surface area contributed by atoms with E-state index in [1.165, 1.54) is 13.2 Å². The number of halogens is 2. The molecule has 2 rings (SSSR count). The van der Waals surface area contributed by atoms with Crippen LogP contribution in [0.25, 0.3) is 0 Å². The van der Waals surface area contributed by atoms with Crippen LogP contribution in [0.3, 0.4) is 0 Å². The monoisotopic (exact) mass is 380 g/mol. The highest BCUT2D eigenvalue weighted by atomic mass is 79.9. The molecule has 0 aliphatic carbocycles. The lowest BCUT2D eigenvalue weighted by atomic mass is 10.2. The zero-order chi connectivity index (χ0) is 16.8. The molecule has 0 aliphatic rings. The summed E-state index contributed by atoms with van der Waals surface area (Å²) >= 11 is 3.36. The van der Waals surface area contributed by atoms with Gasteiger partial charge in [0.2, 0.25) is 5.91 Å². The van der Waals surface area contributed by atoms with Crippen molar-refractivity contribution in [2.75, 3.05) is 26.0 Å². The molecule has 0 aliphatic heterocycles. The molecular formula is C17H18BrFN2O2. The molecule has 23 heavy (non-hydrogen) atoms. The summed E-state index contributed by atoms with van der Waals surface area (Å²) in [7, 11) is 3.24. The van der Waals surface area contributed by atoms with Crippen LogP contribution in [0, 0.1) is 5.82 Å². The van der Waals surface area contributed by atoms with Crippen molar-refractivity contribution >= 4 is 27.5 Å². The Morgan fingerprint density at radius 3 is 2.74 bits per heavy atom. The number of carbonyl (C=O) groups is 1. The summed E-state index contributed by atoms with van der Waals surface area (Å²) < 4.78 is 19.5. The van der Waals surface area contributed by atoms with Crippen LogP contribution in [0.2, 0.25) is 0 Å². The van der Waals surface area contributed by atoms with E-state index in [4.69, 9.17) is 4.74 Å². The van der Waals surface area contributed by atoms with E-state index >= 15 is 0 Å². The number of nitrogens with one attached hydrogen (secondary N) is 1. The molecule has 0 heterocycles. The lowest BCUT2D eigenvalue weighted by Crippen LogP contribution is -2.29. The van der Waals surface area contributed by atoms with Gasteiger partial charge in [-0.15, -0.1) is 0 Å². The lowest BCUT2D eigenvalue weighted by molar-refractivity contribution is -0.117. The molecule has 0 unspecified atom stereocenters. The van der Waals surface area contributed by atoms with Gasteiger partial charge in [0.1, 0.15) is 0 Å². The van der Waals surface area contributed by atoms with Crippen molar-refractivity contribution in [1.29, 1.82) is 0 Å². The van der Waals surface area contributed by atoms with E-state index in [0.29, 0.717) is 6.54 Å². The van der Waals surface area contributed by atoms with Crippen LogP contribution in [-0.2, 0) is 11.3 Å². The average Bonchev–Trinajstić information content (AvgIpc) is 2.47. The molecule has 0 atom stereocenters. The van der Waals surface area contributed by atoms with E-state index in [-0.39, 0.29) is 18.2 Å². The first-order valence-electron chi connectivity index (χ1n) is 7.04. The maximum absolute atomic E-state index is 13.7. The number of hydrogen-bond donors (Lipinski definition) is 1. The van der Waals surface area contributed by atoms with Gasteiger partial charge in [0.15, 0.2) is 11.6 Å². The summed E-state index contributed by atoms with van der Waals surface area (Å²) in [5, 5.41) is 2.82. The van der Waals surface area contributed by atoms with Crippen molar-refractivity contribution < 1.29 is 13.9 Å². The number of hydrogen-bond acceptors (Lipinski definition) is 3. The first-order valence-corrected chi connectivity index (χ1v) is 7.83. The first-order chi connectivity index (χ1) is 11.0. The van der Waals surface area contributed by atoms with Gasteiger partial charge in [-0.3, -0.25) is 9.69 Å². The smallest absolute Gasteiger partial charge is 0.238 e. The van der Waals surface area contributed by atoms with Gasteiger partial charge in [-0.1, -0.05) is 28.1 Å². The Morgan fingerprint density at radius 1 is 1.30 bits per heavy atom. The van der Waals surface area contributed by atoms with Crippen molar-refractivity contribution in [2.24, 2.45) is 0 Å². The second-order valence-electron chi connectivity index (χ2n) is 5.20. The van der Waals surface area contributed by atoms with E-state index in [2.05, 4.69) is 21.2 Å². The molecule has 122 valence electrons. The average molecular weight is 381 g/mol. The van der Waals surface area contributed by atoms with Crippen molar-refractivity contribution in [3.05, 3.63) is 58.3 Å². The molecule has 0 radical (unpaired) electrons. The molecule has 0 fully saturated rings. The van der Waals surface area contributed by atoms with Gasteiger partial charge in [-0.25, -0.2) is 4.39 Å². The SMILES string of the molecule is COc1ccc(CN(C)CC(=O)Nc2cccc(Br)c2)cc1F. The van der Waals surface area contributed by atoms with Gasteiger partial charge >= 0.3 is 0 Å². The fourth-order valence-electron chi connectivity index (χ4n) is 2.19. The molecule has 2 aromatic carbocycles. The Morgan fingerprint density at radius 2 is 2.09 bits per heavy atom. The van der Waals surface area contributed by atoms with Gasteiger partial charge in [0.05, 0.1) is 13.7 Å². The molecule has 2 aromatic rings. The summed E-state index contributed by atoms with van der Waals surface area (Å²) in [6, 6.07) is 12.2. The fourth-order valence-corrected chi connectivity index (χ4v) is 2.59. The maximum Gasteiger partial charge on any atom is 0.238 e. The summed E-state index contributed by atoms with van der Waals surface area (Å²) in [4.78, 5) is 13.8. The minimum absolute atomic E-state index is 0.125. The van der Waals surface area contributed by atoms with Crippen LogP contribution < -0.4 is 10.1 Å². The third-order valence-electron chi connectivity index (χ3n) is 3.19. The number of likely N-dealkylation sites (N-methyl/N-ethyl adjacent to an activating group) is 1. The van der Waals surface area contributed by atoms with Crippen molar-refractivity contribution in [1.82, 2.24) is 4.90 Å². The van der Waals surface area contributed by atoms with E-state index in [1.54, 1.807) is 12.1 Å². The Bertz CT molecular complexity index is 694. The predicted octanol–water partition coefficient (Wildman–Crippen LogP) is 3.67. The fraction of sp³-hybridized carbons (Fsp3) is 0.235. The highest BCUT2D eigenvalue weighted by Crippen LogP contribution is 2.18. The van der Waals surface area contributed by atoms with Gasteiger partial charge in [0, 0.05) is 16.7 Å². The maximum atomic E-state index is 13.7. The minimum atomic E-state index is -0.406. The number of amides is 1. The van der Waals surface area contributed by atoms with Crippen LogP contribution in [0.5, 0.6) is 5.75 Å². The van der Waals surface area contributed by atoms with Gasteiger partial charge < -0.3 is 10.1 Å². The van der Waals surface area contributed by atoms with Crippen molar-refractivity contribution in [2.45, 2.75) is 6.54 Å². The molecule has 6 heteroatoms. The molecular weight excluding hydrogens is 363 g/mol. The summed E-state index contributed by atoms with van der Waals surface area (Å²) in [5.74, 6) is -0.319. The number of benzene rings is 2. The number of anilines is 1. The molecule has 0 spiro atoms. The largest absolute Gasteiger partial charge is 0.494 e. The van der Waals surface area contributed by atoms with Crippen molar-refractivity contribution in [3.63, 3.8) is 0 Å². The standard InChI is InChI=1S/C17H18BrFN2O2/c1-21(10-12-6-7-16(23-2)15(19)8-12)11-17(22)20-14-5-3-4-13(18)9-14/h3-9H,10-11H2,1-2H3,(H,20,22). The van der Waals surface area contributed by atoms with Crippen LogP contribution in [0.4, 0.5) is 10.1 Å². The lowest BCUT2D eigenvalue weighted by Gasteiger charge is -2.17. The van der Waals surface area contributed by atoms with Crippen LogP contribution in [-0.4, -0.2) is 31.5 Å². The predicted molar refractivity (Wildman–Crippen MR) is 92.1 cm³/mol. The summed E-state index contributed by atoms with van der Waals surface area (Å²) in [6.07, 6.45) is 0. The Hall–Kier alpha value is -1.92. The molecule has 1 N–H and O–H groups in total. The Kier molecular flexibility index (Phi) is 6.12. The number of rotatable bonds is 6. The third kappa shape index (κ3) is 5.33. The van der Waals surface area contributed by atoms with Gasteiger partial charge in [-0.2, -0.15) is 0 Å². The zero-order valence-electron chi connectivity index (χ0n) is 13.0. The number of ether oxygens (including phenoxy) is 1. The highest BCUT2D eigenvalue weighted by Gasteiger charge is 2.10. The third-order valence-corrected chi connectivity index (χ3v) is 3.68. The Balaban J connectivity index is 1.90. The highest BCUT2D eigenvalue weighted by molar-refractivity contribution is 9.10. The summed E-state index contributed by atoms with van der Waals surface area (Å²) in [6.45, 7) is 0.674. The van der Waals surface area contributed by atoms with E-state index in [1.807, 2.05) is 36.2 Å². The normalized spacial score (nSPS) is 10.7. The van der Waals surface area contributed by atoms with Crippen LogP contribution >= 0.6 is 15.9 Å². The van der Waals surface area contributed by atoms with Crippen LogP contribution in [0.1, 0.15) is 5.56 Å². The zero-order valence-corrected chi connectivity index (χ0v) is 14.6. The minimum Gasteiger partial charge on any atom is -0.494 e. The topological polar surface area (TPSA) is 41.6 Å². The van der Waals surface area contributed by atoms with Gasteiger partial charge in [0.25, 0.3) is 0 Å². The van der Waals surface area contributed by atoms with Crippen LogP contribution in [0.15, 0.2) is 46.9 Å². The first kappa shape index (κ1) is 17.4. The number of nitrogens with zero attached hydrogens (tertiary/aromatic N) is 1. The summed E-state index contributed by atoms with van der Waals surface area (Å²) in [5.41, 5.74) is 1.51. The van der Waals surface area contributed by atoms with Gasteiger partial charge in [-0.05, 0) is 42.9 Å². The molecule has 0 aromatic heterocycles. The molecule has 0 bridgehead atoms. The Labute approximate surface area is 143 Å². The molecule has 0 saturated heterocycles. The van der Waals surface area contributed by atoms with E-state index in [9.17, 15) is 9.18 Å².